The van der Waals surface area contributed by atoms with Crippen molar-refractivity contribution in [3.8, 4) is 11.5 Å². The summed E-state index contributed by atoms with van der Waals surface area (Å²) >= 11 is 0. The van der Waals surface area contributed by atoms with Crippen molar-refractivity contribution in [3.63, 3.8) is 0 Å². The summed E-state index contributed by atoms with van der Waals surface area (Å²) in [4.78, 5) is 25.6. The van der Waals surface area contributed by atoms with Crippen LogP contribution in [0, 0.1) is 0 Å². The standard InChI is InChI=1S/C28H36F3N3O5/c1-18(33-9-12-38-24-7-4-5-8-25(24)39-17-28(29,30)31)13-21-15-22-14-19(2)34(10-6-11-37-20(3)35)26(22)23(16-21)27(32)36/h4-5,7-8,15-16,18-19,33H,6,9-14,17H2,1-3H3,(H2,32,36)/t18-,19?/m1/s1. The Morgan fingerprint density at radius 3 is 2.49 bits per heavy atom. The lowest BCUT2D eigenvalue weighted by molar-refractivity contribution is -0.153. The first-order chi connectivity index (χ1) is 18.4. The van der Waals surface area contributed by atoms with E-state index in [4.69, 9.17) is 19.9 Å². The Balaban J connectivity index is 1.56. The number of rotatable bonds is 14. The number of para-hydroxylation sites is 2. The molecule has 0 saturated heterocycles. The first kappa shape index (κ1) is 30.1. The van der Waals surface area contributed by atoms with Gasteiger partial charge < -0.3 is 30.2 Å². The summed E-state index contributed by atoms with van der Waals surface area (Å²) < 4.78 is 53.0. The van der Waals surface area contributed by atoms with E-state index in [2.05, 4.69) is 23.2 Å². The second-order valence-corrected chi connectivity index (χ2v) is 9.71. The van der Waals surface area contributed by atoms with Gasteiger partial charge in [0.05, 0.1) is 17.9 Å². The lowest BCUT2D eigenvalue weighted by Crippen LogP contribution is -2.33. The highest BCUT2D eigenvalue weighted by Crippen LogP contribution is 2.37. The summed E-state index contributed by atoms with van der Waals surface area (Å²) in [6.07, 6.45) is -2.37. The van der Waals surface area contributed by atoms with Gasteiger partial charge in [-0.2, -0.15) is 13.2 Å². The molecule has 2 aromatic carbocycles. The molecule has 0 aromatic heterocycles. The number of ether oxygens (including phenoxy) is 3. The molecule has 0 saturated carbocycles. The number of benzene rings is 2. The molecule has 1 heterocycles. The van der Waals surface area contributed by atoms with Crippen molar-refractivity contribution in [1.29, 1.82) is 0 Å². The average Bonchev–Trinajstić information content (AvgIpc) is 3.17. The number of fused-ring (bicyclic) bond motifs is 1. The van der Waals surface area contributed by atoms with Crippen LogP contribution in [-0.2, 0) is 22.4 Å². The molecule has 0 aliphatic carbocycles. The van der Waals surface area contributed by atoms with E-state index in [0.717, 1.165) is 23.2 Å². The molecule has 39 heavy (non-hydrogen) atoms. The van der Waals surface area contributed by atoms with Crippen molar-refractivity contribution in [2.45, 2.75) is 58.3 Å². The maximum atomic E-state index is 12.5. The third-order valence-electron chi connectivity index (χ3n) is 6.33. The van der Waals surface area contributed by atoms with Crippen LogP contribution in [0.3, 0.4) is 0 Å². The molecule has 0 radical (unpaired) electrons. The summed E-state index contributed by atoms with van der Waals surface area (Å²) in [5.74, 6) is -0.531. The Kier molecular flexibility index (Phi) is 10.4. The van der Waals surface area contributed by atoms with E-state index in [1.54, 1.807) is 18.2 Å². The highest BCUT2D eigenvalue weighted by atomic mass is 19.4. The van der Waals surface area contributed by atoms with Gasteiger partial charge in [-0.15, -0.1) is 0 Å². The van der Waals surface area contributed by atoms with Crippen LogP contribution < -0.4 is 25.4 Å². The van der Waals surface area contributed by atoms with Crippen LogP contribution in [0.2, 0.25) is 0 Å². The van der Waals surface area contributed by atoms with Crippen LogP contribution >= 0.6 is 0 Å². The molecule has 3 N–H and O–H groups in total. The maximum Gasteiger partial charge on any atom is 0.422 e. The highest BCUT2D eigenvalue weighted by molar-refractivity contribution is 6.00. The van der Waals surface area contributed by atoms with E-state index < -0.39 is 18.7 Å². The number of alkyl halides is 3. The summed E-state index contributed by atoms with van der Waals surface area (Å²) in [7, 11) is 0. The quantitative estimate of drug-likeness (QED) is 0.270. The molecule has 0 spiro atoms. The van der Waals surface area contributed by atoms with E-state index >= 15 is 0 Å². The van der Waals surface area contributed by atoms with E-state index in [0.29, 0.717) is 38.1 Å². The molecule has 2 atom stereocenters. The zero-order chi connectivity index (χ0) is 28.6. The second-order valence-electron chi connectivity index (χ2n) is 9.71. The minimum absolute atomic E-state index is 0.0303. The summed E-state index contributed by atoms with van der Waals surface area (Å²) in [5, 5.41) is 3.34. The largest absolute Gasteiger partial charge is 0.488 e. The van der Waals surface area contributed by atoms with Crippen molar-refractivity contribution < 1.29 is 37.0 Å². The van der Waals surface area contributed by atoms with E-state index in [-0.39, 0.29) is 36.2 Å². The van der Waals surface area contributed by atoms with Crippen LogP contribution in [-0.4, -0.2) is 63.0 Å². The van der Waals surface area contributed by atoms with Gasteiger partial charge in [-0.05, 0) is 62.4 Å². The van der Waals surface area contributed by atoms with Gasteiger partial charge in [0.2, 0.25) is 0 Å². The van der Waals surface area contributed by atoms with E-state index in [9.17, 15) is 22.8 Å². The molecule has 1 amide bonds. The monoisotopic (exact) mass is 551 g/mol. The average molecular weight is 552 g/mol. The zero-order valence-electron chi connectivity index (χ0n) is 22.5. The number of primary amides is 1. The lowest BCUT2D eigenvalue weighted by atomic mass is 9.97. The molecule has 2 aromatic rings. The number of nitrogens with two attached hydrogens (primary N) is 1. The number of carbonyl (C=O) groups excluding carboxylic acids is 2. The summed E-state index contributed by atoms with van der Waals surface area (Å²) in [5.41, 5.74) is 9.12. The maximum absolute atomic E-state index is 12.5. The predicted octanol–water partition coefficient (Wildman–Crippen LogP) is 4.03. The number of nitrogens with one attached hydrogen (secondary N) is 1. The van der Waals surface area contributed by atoms with Crippen LogP contribution in [0.25, 0.3) is 0 Å². The fraction of sp³-hybridized carbons (Fsp3) is 0.500. The van der Waals surface area contributed by atoms with Gasteiger partial charge >= 0.3 is 12.1 Å². The lowest BCUT2D eigenvalue weighted by Gasteiger charge is -2.26. The van der Waals surface area contributed by atoms with Gasteiger partial charge in [0.25, 0.3) is 5.91 Å². The molecule has 1 aliphatic rings. The Morgan fingerprint density at radius 2 is 1.85 bits per heavy atom. The summed E-state index contributed by atoms with van der Waals surface area (Å²) in [6, 6.07) is 10.4. The minimum atomic E-state index is -4.43. The molecular weight excluding hydrogens is 515 g/mol. The number of amides is 1. The number of halogens is 3. The van der Waals surface area contributed by atoms with Crippen LogP contribution in [0.1, 0.15) is 48.7 Å². The number of anilines is 1. The third-order valence-corrected chi connectivity index (χ3v) is 6.33. The van der Waals surface area contributed by atoms with Crippen molar-refractivity contribution in [2.75, 3.05) is 37.8 Å². The molecule has 0 bridgehead atoms. The first-order valence-electron chi connectivity index (χ1n) is 12.9. The summed E-state index contributed by atoms with van der Waals surface area (Å²) in [6.45, 7) is 5.72. The van der Waals surface area contributed by atoms with Crippen molar-refractivity contribution in [1.82, 2.24) is 5.32 Å². The van der Waals surface area contributed by atoms with Gasteiger partial charge in [-0.3, -0.25) is 9.59 Å². The number of nitrogens with zero attached hydrogens (tertiary/aromatic N) is 1. The minimum Gasteiger partial charge on any atom is -0.488 e. The number of carbonyl (C=O) groups is 2. The Hall–Kier alpha value is -3.47. The number of hydrogen-bond acceptors (Lipinski definition) is 7. The molecule has 8 nitrogen and oxygen atoms in total. The van der Waals surface area contributed by atoms with Crippen LogP contribution in [0.15, 0.2) is 36.4 Å². The van der Waals surface area contributed by atoms with E-state index in [1.165, 1.54) is 13.0 Å². The van der Waals surface area contributed by atoms with Crippen molar-refractivity contribution in [2.24, 2.45) is 5.73 Å². The van der Waals surface area contributed by atoms with Gasteiger partial charge in [0.15, 0.2) is 18.1 Å². The fourth-order valence-electron chi connectivity index (χ4n) is 4.73. The molecule has 0 fully saturated rings. The molecular formula is C28H36F3N3O5. The van der Waals surface area contributed by atoms with Crippen molar-refractivity contribution in [3.05, 3.63) is 53.1 Å². The fourth-order valence-corrected chi connectivity index (χ4v) is 4.73. The van der Waals surface area contributed by atoms with Crippen LogP contribution in [0.5, 0.6) is 11.5 Å². The van der Waals surface area contributed by atoms with Crippen molar-refractivity contribution >= 4 is 17.6 Å². The highest BCUT2D eigenvalue weighted by Gasteiger charge is 2.31. The molecule has 11 heteroatoms. The Labute approximate surface area is 226 Å². The van der Waals surface area contributed by atoms with Gasteiger partial charge in [-0.1, -0.05) is 18.2 Å². The molecule has 214 valence electrons. The number of esters is 1. The normalized spacial score (nSPS) is 15.5. The molecule has 1 unspecified atom stereocenters. The predicted molar refractivity (Wildman–Crippen MR) is 141 cm³/mol. The van der Waals surface area contributed by atoms with Gasteiger partial charge in [-0.25, -0.2) is 0 Å². The topological polar surface area (TPSA) is 103 Å². The smallest absolute Gasteiger partial charge is 0.422 e. The SMILES string of the molecule is CC(=O)OCCCN1c2c(cc(C[C@@H](C)NCCOc3ccccc3OCC(F)(F)F)cc2C(N)=O)CC1C. The number of hydrogen-bond donors (Lipinski definition) is 2. The van der Waals surface area contributed by atoms with Crippen LogP contribution in [0.4, 0.5) is 18.9 Å². The molecule has 1 aliphatic heterocycles. The zero-order valence-corrected chi connectivity index (χ0v) is 22.5. The van der Waals surface area contributed by atoms with Gasteiger partial charge in [0, 0.05) is 32.1 Å². The Morgan fingerprint density at radius 1 is 1.15 bits per heavy atom. The molecule has 3 rings (SSSR count). The second kappa shape index (κ2) is 13.5. The first-order valence-corrected chi connectivity index (χ1v) is 12.9. The van der Waals surface area contributed by atoms with Gasteiger partial charge in [0.1, 0.15) is 6.61 Å². The third kappa shape index (κ3) is 9.05. The Bertz CT molecular complexity index is 1140. The van der Waals surface area contributed by atoms with E-state index in [1.807, 2.05) is 13.0 Å².